The van der Waals surface area contributed by atoms with E-state index < -0.39 is 0 Å². The van der Waals surface area contributed by atoms with Gasteiger partial charge in [0.25, 0.3) is 0 Å². The van der Waals surface area contributed by atoms with E-state index in [-0.39, 0.29) is 6.04 Å². The van der Waals surface area contributed by atoms with E-state index in [1.165, 1.54) is 25.1 Å². The zero-order chi connectivity index (χ0) is 12.0. The monoisotopic (exact) mass is 234 g/mol. The van der Waals surface area contributed by atoms with Crippen LogP contribution in [-0.2, 0) is 13.0 Å². The van der Waals surface area contributed by atoms with Crippen molar-refractivity contribution in [2.45, 2.75) is 64.5 Å². The van der Waals surface area contributed by atoms with Crippen molar-refractivity contribution in [1.29, 1.82) is 0 Å². The second-order valence-electron chi connectivity index (χ2n) is 6.32. The minimum atomic E-state index is 0.279. The van der Waals surface area contributed by atoms with Crippen LogP contribution in [0.5, 0.6) is 0 Å². The molecular formula is C13H22N4. The maximum Gasteiger partial charge on any atom is 0.136 e. The van der Waals surface area contributed by atoms with Gasteiger partial charge in [0.2, 0.25) is 0 Å². The summed E-state index contributed by atoms with van der Waals surface area (Å²) in [7, 11) is 0. The van der Waals surface area contributed by atoms with Gasteiger partial charge in [-0.2, -0.15) is 0 Å². The predicted molar refractivity (Wildman–Crippen MR) is 66.7 cm³/mol. The Balaban J connectivity index is 1.96. The Morgan fingerprint density at radius 1 is 1.29 bits per heavy atom. The molecular weight excluding hydrogens is 212 g/mol. The summed E-state index contributed by atoms with van der Waals surface area (Å²) in [6.45, 7) is 5.62. The number of nitrogens with zero attached hydrogens (tertiary/aromatic N) is 3. The molecule has 1 aliphatic carbocycles. The van der Waals surface area contributed by atoms with Gasteiger partial charge in [-0.05, 0) is 24.7 Å². The van der Waals surface area contributed by atoms with Gasteiger partial charge in [-0.25, -0.2) is 0 Å². The standard InChI is InChI=1S/C13H22N4/c1-13(2)7-3-4-10(13)12-16-15-11-6-5-9(14)8-17(11)12/h9-10H,3-8,14H2,1-2H3. The van der Waals surface area contributed by atoms with E-state index in [2.05, 4.69) is 28.6 Å². The third kappa shape index (κ3) is 1.79. The van der Waals surface area contributed by atoms with Gasteiger partial charge < -0.3 is 10.3 Å². The number of rotatable bonds is 1. The molecule has 0 aromatic carbocycles. The molecule has 1 saturated carbocycles. The molecule has 0 saturated heterocycles. The number of aromatic nitrogens is 3. The summed E-state index contributed by atoms with van der Waals surface area (Å²) in [6, 6.07) is 0.279. The number of aryl methyl sites for hydroxylation is 1. The molecule has 17 heavy (non-hydrogen) atoms. The molecule has 1 aliphatic heterocycles. The van der Waals surface area contributed by atoms with Gasteiger partial charge in [-0.3, -0.25) is 0 Å². The van der Waals surface area contributed by atoms with Crippen molar-refractivity contribution in [3.05, 3.63) is 11.6 Å². The third-order valence-corrected chi connectivity index (χ3v) is 4.58. The highest BCUT2D eigenvalue weighted by Gasteiger charge is 2.39. The van der Waals surface area contributed by atoms with Crippen LogP contribution in [0.15, 0.2) is 0 Å². The molecule has 2 N–H and O–H groups in total. The third-order valence-electron chi connectivity index (χ3n) is 4.58. The van der Waals surface area contributed by atoms with Crippen molar-refractivity contribution in [2.24, 2.45) is 11.1 Å². The number of fused-ring (bicyclic) bond motifs is 1. The molecule has 2 heterocycles. The lowest BCUT2D eigenvalue weighted by atomic mass is 9.81. The van der Waals surface area contributed by atoms with E-state index in [0.29, 0.717) is 11.3 Å². The number of hydrogen-bond acceptors (Lipinski definition) is 3. The molecule has 4 nitrogen and oxygen atoms in total. The largest absolute Gasteiger partial charge is 0.326 e. The molecule has 0 spiro atoms. The van der Waals surface area contributed by atoms with Crippen LogP contribution >= 0.6 is 0 Å². The van der Waals surface area contributed by atoms with Crippen molar-refractivity contribution in [2.75, 3.05) is 0 Å². The van der Waals surface area contributed by atoms with Crippen LogP contribution < -0.4 is 5.73 Å². The highest BCUT2D eigenvalue weighted by molar-refractivity contribution is 5.11. The SMILES string of the molecule is CC1(C)CCCC1c1nnc2n1CC(N)CC2. The maximum absolute atomic E-state index is 6.07. The first-order valence-electron chi connectivity index (χ1n) is 6.75. The van der Waals surface area contributed by atoms with Gasteiger partial charge in [-0.15, -0.1) is 10.2 Å². The summed E-state index contributed by atoms with van der Waals surface area (Å²) in [4.78, 5) is 0. The topological polar surface area (TPSA) is 56.7 Å². The Hall–Kier alpha value is -0.900. The van der Waals surface area contributed by atoms with Crippen LogP contribution in [-0.4, -0.2) is 20.8 Å². The minimum absolute atomic E-state index is 0.279. The summed E-state index contributed by atoms with van der Waals surface area (Å²) in [5, 5.41) is 8.83. The first kappa shape index (κ1) is 11.2. The lowest BCUT2D eigenvalue weighted by Crippen LogP contribution is -2.33. The predicted octanol–water partition coefficient (Wildman–Crippen LogP) is 1.85. The van der Waals surface area contributed by atoms with Crippen molar-refractivity contribution in [1.82, 2.24) is 14.8 Å². The molecule has 0 amide bonds. The average molecular weight is 234 g/mol. The van der Waals surface area contributed by atoms with Gasteiger partial charge in [0.15, 0.2) is 0 Å². The Morgan fingerprint density at radius 3 is 2.82 bits per heavy atom. The summed E-state index contributed by atoms with van der Waals surface area (Å²) >= 11 is 0. The Bertz CT molecular complexity index is 421. The molecule has 2 aliphatic rings. The molecule has 2 atom stereocenters. The normalized spacial score (nSPS) is 31.5. The van der Waals surface area contributed by atoms with Crippen molar-refractivity contribution in [3.63, 3.8) is 0 Å². The zero-order valence-corrected chi connectivity index (χ0v) is 10.8. The van der Waals surface area contributed by atoms with Gasteiger partial charge in [0, 0.05) is 24.9 Å². The molecule has 0 radical (unpaired) electrons. The molecule has 0 bridgehead atoms. The lowest BCUT2D eigenvalue weighted by molar-refractivity contribution is 0.308. The van der Waals surface area contributed by atoms with E-state index in [1.807, 2.05) is 0 Å². The Morgan fingerprint density at radius 2 is 2.12 bits per heavy atom. The Kier molecular flexibility index (Phi) is 2.51. The smallest absolute Gasteiger partial charge is 0.136 e. The molecule has 3 rings (SSSR count). The fourth-order valence-electron chi connectivity index (χ4n) is 3.44. The van der Waals surface area contributed by atoms with E-state index in [4.69, 9.17) is 5.73 Å². The number of hydrogen-bond donors (Lipinski definition) is 1. The van der Waals surface area contributed by atoms with Crippen LogP contribution in [0.4, 0.5) is 0 Å². The molecule has 1 fully saturated rings. The van der Waals surface area contributed by atoms with E-state index >= 15 is 0 Å². The van der Waals surface area contributed by atoms with Crippen molar-refractivity contribution in [3.8, 4) is 0 Å². The van der Waals surface area contributed by atoms with Crippen LogP contribution in [0.25, 0.3) is 0 Å². The average Bonchev–Trinajstić information content (AvgIpc) is 2.80. The molecule has 2 unspecified atom stereocenters. The lowest BCUT2D eigenvalue weighted by Gasteiger charge is -2.28. The fourth-order valence-corrected chi connectivity index (χ4v) is 3.44. The van der Waals surface area contributed by atoms with Crippen LogP contribution in [0.1, 0.15) is 57.1 Å². The first-order valence-corrected chi connectivity index (χ1v) is 6.75. The highest BCUT2D eigenvalue weighted by atomic mass is 15.3. The van der Waals surface area contributed by atoms with Gasteiger partial charge in [-0.1, -0.05) is 20.3 Å². The summed E-state index contributed by atoms with van der Waals surface area (Å²) < 4.78 is 2.30. The second kappa shape index (κ2) is 3.80. The van der Waals surface area contributed by atoms with Crippen molar-refractivity contribution < 1.29 is 0 Å². The molecule has 1 aromatic rings. The second-order valence-corrected chi connectivity index (χ2v) is 6.32. The zero-order valence-electron chi connectivity index (χ0n) is 10.8. The molecule has 94 valence electrons. The van der Waals surface area contributed by atoms with Gasteiger partial charge in [0.05, 0.1) is 0 Å². The van der Waals surface area contributed by atoms with Crippen LogP contribution in [0.2, 0.25) is 0 Å². The summed E-state index contributed by atoms with van der Waals surface area (Å²) in [6.07, 6.45) is 5.89. The van der Waals surface area contributed by atoms with E-state index in [1.54, 1.807) is 0 Å². The van der Waals surface area contributed by atoms with Crippen LogP contribution in [0, 0.1) is 5.41 Å². The fraction of sp³-hybridized carbons (Fsp3) is 0.846. The minimum Gasteiger partial charge on any atom is -0.326 e. The summed E-state index contributed by atoms with van der Waals surface area (Å²) in [5.74, 6) is 2.90. The highest BCUT2D eigenvalue weighted by Crippen LogP contribution is 2.48. The Labute approximate surface area is 103 Å². The van der Waals surface area contributed by atoms with Gasteiger partial charge in [0.1, 0.15) is 11.6 Å². The molecule has 1 aromatic heterocycles. The van der Waals surface area contributed by atoms with Crippen LogP contribution in [0.3, 0.4) is 0 Å². The van der Waals surface area contributed by atoms with Gasteiger partial charge >= 0.3 is 0 Å². The van der Waals surface area contributed by atoms with E-state index in [9.17, 15) is 0 Å². The number of nitrogens with two attached hydrogens (primary N) is 1. The quantitative estimate of drug-likeness (QED) is 0.806. The van der Waals surface area contributed by atoms with E-state index in [0.717, 1.165) is 25.2 Å². The van der Waals surface area contributed by atoms with Crippen molar-refractivity contribution >= 4 is 0 Å². The maximum atomic E-state index is 6.07. The molecule has 4 heteroatoms. The first-order chi connectivity index (χ1) is 8.08. The summed E-state index contributed by atoms with van der Waals surface area (Å²) in [5.41, 5.74) is 6.43.